The van der Waals surface area contributed by atoms with Crippen LogP contribution < -0.4 is 5.32 Å². The van der Waals surface area contributed by atoms with Crippen molar-refractivity contribution in [3.8, 4) is 0 Å². The molecule has 1 fully saturated rings. The molecule has 1 aliphatic rings. The van der Waals surface area contributed by atoms with E-state index in [4.69, 9.17) is 0 Å². The minimum atomic E-state index is -3.53. The Kier molecular flexibility index (Phi) is 5.60. The number of benzene rings is 2. The van der Waals surface area contributed by atoms with Gasteiger partial charge >= 0.3 is 5.97 Å². The molecule has 0 bridgehead atoms. The maximum absolute atomic E-state index is 12.5. The molecule has 0 heterocycles. The third kappa shape index (κ3) is 5.17. The van der Waals surface area contributed by atoms with Crippen LogP contribution in [0.4, 0.5) is 0 Å². The molecule has 142 valence electrons. The predicted molar refractivity (Wildman–Crippen MR) is 100 cm³/mol. The minimum Gasteiger partial charge on any atom is -0.480 e. The van der Waals surface area contributed by atoms with Crippen LogP contribution in [-0.2, 0) is 20.4 Å². The highest BCUT2D eigenvalue weighted by Crippen LogP contribution is 2.33. The number of amides is 1. The van der Waals surface area contributed by atoms with Crippen LogP contribution in [0.15, 0.2) is 59.5 Å². The van der Waals surface area contributed by atoms with Gasteiger partial charge in [-0.05, 0) is 42.2 Å². The topological polar surface area (TPSA) is 101 Å². The summed E-state index contributed by atoms with van der Waals surface area (Å²) < 4.78 is 25.0. The van der Waals surface area contributed by atoms with Gasteiger partial charge < -0.3 is 10.4 Å². The summed E-state index contributed by atoms with van der Waals surface area (Å²) in [5, 5.41) is 11.8. The van der Waals surface area contributed by atoms with E-state index < -0.39 is 27.8 Å². The van der Waals surface area contributed by atoms with Crippen LogP contribution in [0, 0.1) is 5.92 Å². The number of nitrogens with one attached hydrogen (secondary N) is 1. The normalized spacial score (nSPS) is 15.1. The van der Waals surface area contributed by atoms with Crippen LogP contribution >= 0.6 is 0 Å². The maximum Gasteiger partial charge on any atom is 0.326 e. The summed E-state index contributed by atoms with van der Waals surface area (Å²) >= 11 is 0. The molecular formula is C20H21NO5S. The van der Waals surface area contributed by atoms with Crippen molar-refractivity contribution >= 4 is 21.7 Å². The molecule has 2 aromatic carbocycles. The van der Waals surface area contributed by atoms with Crippen molar-refractivity contribution in [2.24, 2.45) is 5.92 Å². The molecule has 1 aliphatic carbocycles. The van der Waals surface area contributed by atoms with Crippen molar-refractivity contribution in [3.63, 3.8) is 0 Å². The molecule has 0 radical (unpaired) electrons. The second kappa shape index (κ2) is 7.92. The summed E-state index contributed by atoms with van der Waals surface area (Å²) in [5.74, 6) is -1.45. The third-order valence-electron chi connectivity index (χ3n) is 4.52. The molecule has 1 atom stereocenters. The molecule has 7 heteroatoms. The molecule has 0 spiro atoms. The number of aliphatic carboxylic acids is 1. The Morgan fingerprint density at radius 2 is 1.78 bits per heavy atom. The van der Waals surface area contributed by atoms with E-state index in [9.17, 15) is 23.1 Å². The van der Waals surface area contributed by atoms with Crippen molar-refractivity contribution < 1.29 is 23.1 Å². The average Bonchev–Trinajstić information content (AvgIpc) is 3.46. The van der Waals surface area contributed by atoms with E-state index in [0.717, 1.165) is 12.8 Å². The van der Waals surface area contributed by atoms with E-state index in [-0.39, 0.29) is 16.2 Å². The van der Waals surface area contributed by atoms with Crippen molar-refractivity contribution in [2.45, 2.75) is 36.0 Å². The summed E-state index contributed by atoms with van der Waals surface area (Å²) in [6, 6.07) is 13.5. The molecule has 2 N–H and O–H groups in total. The van der Waals surface area contributed by atoms with Crippen molar-refractivity contribution in [2.75, 3.05) is 0 Å². The maximum atomic E-state index is 12.5. The van der Waals surface area contributed by atoms with Crippen molar-refractivity contribution in [1.82, 2.24) is 5.32 Å². The standard InChI is InChI=1S/C20H21NO5S/c22-19(21-18(20(23)24)12-14-9-10-14)16-6-4-5-15(11-16)13-27(25,26)17-7-2-1-3-8-17/h1-8,11,14,18H,9-10,12-13H2,(H,21,22)(H,23,24). The summed E-state index contributed by atoms with van der Waals surface area (Å²) in [5.41, 5.74) is 0.721. The predicted octanol–water partition coefficient (Wildman–Crippen LogP) is 2.64. The van der Waals surface area contributed by atoms with Crippen LogP contribution in [0.25, 0.3) is 0 Å². The highest BCUT2D eigenvalue weighted by Gasteiger charge is 2.30. The molecule has 0 saturated heterocycles. The van der Waals surface area contributed by atoms with E-state index in [1.54, 1.807) is 36.4 Å². The highest BCUT2D eigenvalue weighted by molar-refractivity contribution is 7.90. The third-order valence-corrected chi connectivity index (χ3v) is 6.22. The van der Waals surface area contributed by atoms with Gasteiger partial charge in [-0.3, -0.25) is 4.79 Å². The number of carboxylic acid groups (broad SMARTS) is 1. The van der Waals surface area contributed by atoms with E-state index in [0.29, 0.717) is 17.9 Å². The molecular weight excluding hydrogens is 366 g/mol. The molecule has 1 amide bonds. The van der Waals surface area contributed by atoms with Crippen molar-refractivity contribution in [1.29, 1.82) is 0 Å². The van der Waals surface area contributed by atoms with Crippen LogP contribution in [0.1, 0.15) is 35.2 Å². The first-order chi connectivity index (χ1) is 12.8. The minimum absolute atomic E-state index is 0.218. The van der Waals surface area contributed by atoms with Gasteiger partial charge in [0.15, 0.2) is 9.84 Å². The van der Waals surface area contributed by atoms with E-state index in [1.807, 2.05) is 0 Å². The Morgan fingerprint density at radius 3 is 2.41 bits per heavy atom. The molecule has 2 aromatic rings. The number of carbonyl (C=O) groups excluding carboxylic acids is 1. The zero-order valence-electron chi connectivity index (χ0n) is 14.7. The van der Waals surface area contributed by atoms with E-state index in [1.165, 1.54) is 18.2 Å². The number of sulfone groups is 1. The Labute approximate surface area is 158 Å². The highest BCUT2D eigenvalue weighted by atomic mass is 32.2. The van der Waals surface area contributed by atoms with Crippen LogP contribution in [0.5, 0.6) is 0 Å². The Morgan fingerprint density at radius 1 is 1.07 bits per heavy atom. The van der Waals surface area contributed by atoms with Crippen molar-refractivity contribution in [3.05, 3.63) is 65.7 Å². The monoisotopic (exact) mass is 387 g/mol. The van der Waals surface area contributed by atoms with Gasteiger partial charge in [-0.1, -0.05) is 43.2 Å². The molecule has 1 unspecified atom stereocenters. The first-order valence-corrected chi connectivity index (χ1v) is 10.4. The lowest BCUT2D eigenvalue weighted by Crippen LogP contribution is -2.41. The van der Waals surface area contributed by atoms with Gasteiger partial charge in [0.05, 0.1) is 10.6 Å². The smallest absolute Gasteiger partial charge is 0.326 e. The quantitative estimate of drug-likeness (QED) is 0.725. The molecule has 6 nitrogen and oxygen atoms in total. The average molecular weight is 387 g/mol. The van der Waals surface area contributed by atoms with Crippen LogP contribution in [-0.4, -0.2) is 31.4 Å². The zero-order chi connectivity index (χ0) is 19.4. The first-order valence-electron chi connectivity index (χ1n) is 8.75. The largest absolute Gasteiger partial charge is 0.480 e. The first kappa shape index (κ1) is 19.1. The lowest BCUT2D eigenvalue weighted by molar-refractivity contribution is -0.139. The summed E-state index contributed by atoms with van der Waals surface area (Å²) in [7, 11) is -3.53. The second-order valence-electron chi connectivity index (χ2n) is 6.82. The van der Waals surface area contributed by atoms with Gasteiger partial charge in [-0.25, -0.2) is 13.2 Å². The van der Waals surface area contributed by atoms with Gasteiger partial charge in [-0.15, -0.1) is 0 Å². The molecule has 0 aliphatic heterocycles. The fraction of sp³-hybridized carbons (Fsp3) is 0.300. The Bertz CT molecular complexity index is 936. The second-order valence-corrected chi connectivity index (χ2v) is 8.81. The summed E-state index contributed by atoms with van der Waals surface area (Å²) in [6.07, 6.45) is 2.40. The molecule has 0 aromatic heterocycles. The Hall–Kier alpha value is -2.67. The summed E-state index contributed by atoms with van der Waals surface area (Å²) in [4.78, 5) is 24.0. The lowest BCUT2D eigenvalue weighted by atomic mass is 10.1. The Balaban J connectivity index is 1.72. The summed E-state index contributed by atoms with van der Waals surface area (Å²) in [6.45, 7) is 0. The number of hydrogen-bond acceptors (Lipinski definition) is 4. The SMILES string of the molecule is O=C(NC(CC1CC1)C(=O)O)c1cccc(CS(=O)(=O)c2ccccc2)c1. The van der Waals surface area contributed by atoms with Gasteiger partial charge in [0.25, 0.3) is 5.91 Å². The fourth-order valence-electron chi connectivity index (χ4n) is 2.88. The van der Waals surface area contributed by atoms with E-state index >= 15 is 0 Å². The molecule has 27 heavy (non-hydrogen) atoms. The van der Waals surface area contributed by atoms with Gasteiger partial charge in [0, 0.05) is 5.56 Å². The molecule has 1 saturated carbocycles. The van der Waals surface area contributed by atoms with E-state index in [2.05, 4.69) is 5.32 Å². The zero-order valence-corrected chi connectivity index (χ0v) is 15.5. The molecule has 3 rings (SSSR count). The number of hydrogen-bond donors (Lipinski definition) is 2. The van der Waals surface area contributed by atoms with Crippen LogP contribution in [0.3, 0.4) is 0 Å². The van der Waals surface area contributed by atoms with Gasteiger partial charge in [0.2, 0.25) is 0 Å². The number of rotatable bonds is 8. The fourth-order valence-corrected chi connectivity index (χ4v) is 4.24. The van der Waals surface area contributed by atoms with Gasteiger partial charge in [0.1, 0.15) is 6.04 Å². The van der Waals surface area contributed by atoms with Gasteiger partial charge in [-0.2, -0.15) is 0 Å². The lowest BCUT2D eigenvalue weighted by Gasteiger charge is -2.14. The number of carbonyl (C=O) groups is 2. The van der Waals surface area contributed by atoms with Crippen LogP contribution in [0.2, 0.25) is 0 Å². The number of carboxylic acids is 1.